The minimum atomic E-state index is -6.68. The van der Waals surface area contributed by atoms with Gasteiger partial charge in [0.2, 0.25) is 0 Å². The molecule has 0 saturated heterocycles. The highest BCUT2D eigenvalue weighted by atomic mass is 19.4. The highest BCUT2D eigenvalue weighted by Crippen LogP contribution is 2.46. The van der Waals surface area contributed by atoms with Crippen LogP contribution in [0.4, 0.5) is 43.9 Å². The summed E-state index contributed by atoms with van der Waals surface area (Å²) in [5.41, 5.74) is 0. The zero-order valence-corrected chi connectivity index (χ0v) is 8.30. The Bertz CT molecular complexity index is 378. The molecule has 0 heterocycles. The van der Waals surface area contributed by atoms with Crippen molar-refractivity contribution < 1.29 is 53.4 Å². The molecule has 0 bridgehead atoms. The Kier molecular flexibility index (Phi) is 4.84. The summed E-state index contributed by atoms with van der Waals surface area (Å²) in [4.78, 5) is 10.2. The summed E-state index contributed by atoms with van der Waals surface area (Å²) in [6.07, 6.45) is -9.99. The molecule has 0 atom stereocenters. The minimum absolute atomic E-state index is 2.79. The Hall–Kier alpha value is -1.49. The number of carbonyl (C=O) groups excluding carboxylic acids is 1. The Morgan fingerprint density at radius 3 is 1.63 bits per heavy atom. The first-order valence-corrected chi connectivity index (χ1v) is 3.94. The maximum absolute atomic E-state index is 12.4. The van der Waals surface area contributed by atoms with Gasteiger partial charge in [-0.1, -0.05) is 0 Å². The van der Waals surface area contributed by atoms with E-state index in [1.54, 1.807) is 0 Å². The third-order valence-corrected chi connectivity index (χ3v) is 1.55. The molecule has 19 heavy (non-hydrogen) atoms. The fraction of sp³-hybridized carbons (Fsp3) is 0.571. The maximum atomic E-state index is 12.4. The molecule has 0 saturated carbocycles. The Morgan fingerprint density at radius 1 is 0.895 bits per heavy atom. The van der Waals surface area contributed by atoms with E-state index < -0.39 is 42.5 Å². The lowest BCUT2D eigenvalue weighted by Gasteiger charge is -2.27. The summed E-state index contributed by atoms with van der Waals surface area (Å²) >= 11 is 0. The standard InChI is InChI=1S/C7H2F10O2/c8-2(3(9)10)4(18)19-1-5(11,12)6(13,14)7(15,16)17/h1H2. The normalized spacial score (nSPS) is 13.2. The molecule has 0 amide bonds. The number of halogens is 10. The first kappa shape index (κ1) is 17.5. The van der Waals surface area contributed by atoms with Crippen molar-refractivity contribution in [3.05, 3.63) is 11.9 Å². The molecular formula is C7H2F10O2. The molecular weight excluding hydrogens is 306 g/mol. The van der Waals surface area contributed by atoms with Gasteiger partial charge < -0.3 is 4.74 Å². The molecule has 0 aliphatic carbocycles. The van der Waals surface area contributed by atoms with Gasteiger partial charge in [-0.3, -0.25) is 0 Å². The number of carbonyl (C=O) groups is 1. The molecule has 0 aliphatic heterocycles. The number of rotatable bonds is 4. The van der Waals surface area contributed by atoms with E-state index in [0.29, 0.717) is 0 Å². The zero-order valence-electron chi connectivity index (χ0n) is 8.30. The van der Waals surface area contributed by atoms with Crippen LogP contribution in [0.2, 0.25) is 0 Å². The van der Waals surface area contributed by atoms with Crippen molar-refractivity contribution >= 4 is 5.97 Å². The van der Waals surface area contributed by atoms with Gasteiger partial charge in [0, 0.05) is 0 Å². The quantitative estimate of drug-likeness (QED) is 0.452. The first-order valence-electron chi connectivity index (χ1n) is 3.94. The zero-order chi connectivity index (χ0) is 15.6. The second-order valence-corrected chi connectivity index (χ2v) is 2.93. The van der Waals surface area contributed by atoms with Crippen molar-refractivity contribution in [2.75, 3.05) is 6.61 Å². The van der Waals surface area contributed by atoms with Crippen LogP contribution in [0.1, 0.15) is 0 Å². The summed E-state index contributed by atoms with van der Waals surface area (Å²) in [5.74, 6) is -18.3. The van der Waals surface area contributed by atoms with Crippen LogP contribution in [0.15, 0.2) is 11.9 Å². The molecule has 0 N–H and O–H groups in total. The van der Waals surface area contributed by atoms with Crippen molar-refractivity contribution in [2.24, 2.45) is 0 Å². The Balaban J connectivity index is 4.92. The van der Waals surface area contributed by atoms with Gasteiger partial charge in [0.05, 0.1) is 0 Å². The van der Waals surface area contributed by atoms with Crippen LogP contribution in [0.5, 0.6) is 0 Å². The predicted molar refractivity (Wildman–Crippen MR) is 37.3 cm³/mol. The molecule has 0 unspecified atom stereocenters. The topological polar surface area (TPSA) is 26.3 Å². The van der Waals surface area contributed by atoms with Gasteiger partial charge in [-0.2, -0.15) is 43.9 Å². The van der Waals surface area contributed by atoms with Crippen LogP contribution < -0.4 is 0 Å². The highest BCUT2D eigenvalue weighted by molar-refractivity contribution is 5.86. The van der Waals surface area contributed by atoms with E-state index in [2.05, 4.69) is 4.74 Å². The van der Waals surface area contributed by atoms with Crippen molar-refractivity contribution in [3.63, 3.8) is 0 Å². The van der Waals surface area contributed by atoms with Crippen molar-refractivity contribution in [1.29, 1.82) is 0 Å². The third kappa shape index (κ3) is 3.73. The largest absolute Gasteiger partial charge is 0.460 e. The van der Waals surface area contributed by atoms with Crippen LogP contribution >= 0.6 is 0 Å². The summed E-state index contributed by atoms with van der Waals surface area (Å²) in [5, 5.41) is 0. The first-order chi connectivity index (χ1) is 8.24. The summed E-state index contributed by atoms with van der Waals surface area (Å²) in [7, 11) is 0. The number of hydrogen-bond donors (Lipinski definition) is 0. The number of esters is 1. The third-order valence-electron chi connectivity index (χ3n) is 1.55. The molecule has 0 aromatic carbocycles. The van der Waals surface area contributed by atoms with Gasteiger partial charge in [-0.25, -0.2) is 4.79 Å². The van der Waals surface area contributed by atoms with Crippen molar-refractivity contribution in [1.82, 2.24) is 0 Å². The van der Waals surface area contributed by atoms with Crippen LogP contribution in [0, 0.1) is 0 Å². The number of hydrogen-bond acceptors (Lipinski definition) is 2. The monoisotopic (exact) mass is 308 g/mol. The van der Waals surface area contributed by atoms with Gasteiger partial charge in [0.1, 0.15) is 0 Å². The van der Waals surface area contributed by atoms with E-state index in [-0.39, 0.29) is 0 Å². The molecule has 0 rings (SSSR count). The molecule has 12 heteroatoms. The van der Waals surface area contributed by atoms with Gasteiger partial charge >= 0.3 is 30.1 Å². The smallest absolute Gasteiger partial charge is 0.454 e. The van der Waals surface area contributed by atoms with E-state index in [0.717, 1.165) is 0 Å². The van der Waals surface area contributed by atoms with E-state index in [4.69, 9.17) is 0 Å². The summed E-state index contributed by atoms with van der Waals surface area (Å²) in [6, 6.07) is 0. The molecule has 0 fully saturated rings. The second kappa shape index (κ2) is 5.25. The molecule has 0 spiro atoms. The average molecular weight is 308 g/mol. The molecule has 2 nitrogen and oxygen atoms in total. The number of ether oxygens (including phenoxy) is 1. The summed E-state index contributed by atoms with van der Waals surface area (Å²) in [6.45, 7) is -2.93. The SMILES string of the molecule is O=C(OCC(F)(F)C(F)(F)C(F)(F)F)C(F)=C(F)F. The highest BCUT2D eigenvalue weighted by Gasteiger charge is 2.73. The molecule has 112 valence electrons. The maximum Gasteiger partial charge on any atom is 0.460 e. The Morgan fingerprint density at radius 2 is 1.32 bits per heavy atom. The van der Waals surface area contributed by atoms with Crippen molar-refractivity contribution in [3.8, 4) is 0 Å². The summed E-state index contributed by atoms with van der Waals surface area (Å²) < 4.78 is 122. The average Bonchev–Trinajstić information content (AvgIpc) is 2.22. The van der Waals surface area contributed by atoms with E-state index in [9.17, 15) is 48.7 Å². The van der Waals surface area contributed by atoms with Crippen LogP contribution in [0.25, 0.3) is 0 Å². The lowest BCUT2D eigenvalue weighted by atomic mass is 10.2. The van der Waals surface area contributed by atoms with E-state index >= 15 is 0 Å². The van der Waals surface area contributed by atoms with Gasteiger partial charge in [-0.15, -0.1) is 0 Å². The fourth-order valence-corrected chi connectivity index (χ4v) is 0.595. The van der Waals surface area contributed by atoms with Gasteiger partial charge in [0.25, 0.3) is 5.83 Å². The lowest BCUT2D eigenvalue weighted by molar-refractivity contribution is -0.359. The molecule has 0 aliphatic rings. The minimum Gasteiger partial charge on any atom is -0.454 e. The number of alkyl halides is 7. The molecule has 0 aromatic rings. The van der Waals surface area contributed by atoms with Crippen LogP contribution in [-0.2, 0) is 9.53 Å². The van der Waals surface area contributed by atoms with Crippen LogP contribution in [0.3, 0.4) is 0 Å². The van der Waals surface area contributed by atoms with E-state index in [1.807, 2.05) is 0 Å². The van der Waals surface area contributed by atoms with Gasteiger partial charge in [-0.05, 0) is 0 Å². The lowest BCUT2D eigenvalue weighted by Crippen LogP contribution is -2.54. The van der Waals surface area contributed by atoms with Gasteiger partial charge in [0.15, 0.2) is 6.61 Å². The fourth-order valence-electron chi connectivity index (χ4n) is 0.595. The van der Waals surface area contributed by atoms with E-state index in [1.165, 1.54) is 0 Å². The van der Waals surface area contributed by atoms with Crippen molar-refractivity contribution in [2.45, 2.75) is 18.0 Å². The molecule has 0 radical (unpaired) electrons. The predicted octanol–water partition coefficient (Wildman–Crippen LogP) is 3.44. The second-order valence-electron chi connectivity index (χ2n) is 2.93. The van der Waals surface area contributed by atoms with Crippen LogP contribution in [-0.4, -0.2) is 30.6 Å². The molecule has 0 aromatic heterocycles. The Labute approximate surface area is 97.2 Å².